The lowest BCUT2D eigenvalue weighted by molar-refractivity contribution is -0.121. The van der Waals surface area contributed by atoms with Crippen molar-refractivity contribution in [2.75, 3.05) is 14.2 Å². The number of rotatable bonds is 8. The molecule has 0 unspecified atom stereocenters. The van der Waals surface area contributed by atoms with Crippen LogP contribution in [-0.4, -0.2) is 20.1 Å². The lowest BCUT2D eigenvalue weighted by Gasteiger charge is -2.17. The number of ether oxygens (including phenoxy) is 2. The zero-order valence-electron chi connectivity index (χ0n) is 14.5. The van der Waals surface area contributed by atoms with Crippen LogP contribution in [0.4, 0.5) is 0 Å². The molecule has 0 saturated heterocycles. The van der Waals surface area contributed by atoms with E-state index in [4.69, 9.17) is 9.47 Å². The fourth-order valence-corrected chi connectivity index (χ4v) is 2.67. The Bertz CT molecular complexity index is 655. The lowest BCUT2D eigenvalue weighted by atomic mass is 10.0. The van der Waals surface area contributed by atoms with E-state index in [0.29, 0.717) is 24.3 Å². The van der Waals surface area contributed by atoms with E-state index in [2.05, 4.69) is 12.2 Å². The van der Waals surface area contributed by atoms with Crippen molar-refractivity contribution in [1.82, 2.24) is 5.32 Å². The normalized spacial score (nSPS) is 11.6. The van der Waals surface area contributed by atoms with Crippen LogP contribution in [0.15, 0.2) is 48.5 Å². The van der Waals surface area contributed by atoms with Gasteiger partial charge in [0, 0.05) is 6.42 Å². The Labute approximate surface area is 143 Å². The first-order chi connectivity index (χ1) is 11.7. The van der Waals surface area contributed by atoms with Crippen molar-refractivity contribution in [2.45, 2.75) is 32.2 Å². The van der Waals surface area contributed by atoms with Gasteiger partial charge in [-0.25, -0.2) is 0 Å². The summed E-state index contributed by atoms with van der Waals surface area (Å²) in [5.74, 6) is 1.44. The summed E-state index contributed by atoms with van der Waals surface area (Å²) in [4.78, 5) is 12.3. The van der Waals surface area contributed by atoms with Crippen LogP contribution in [0, 0.1) is 0 Å². The minimum Gasteiger partial charge on any atom is -0.493 e. The molecular weight excluding hydrogens is 302 g/mol. The van der Waals surface area contributed by atoms with Gasteiger partial charge >= 0.3 is 0 Å². The minimum atomic E-state index is 0.0560. The number of methoxy groups -OCH3 is 2. The highest BCUT2D eigenvalue weighted by Crippen LogP contribution is 2.28. The molecule has 0 spiro atoms. The lowest BCUT2D eigenvalue weighted by Crippen LogP contribution is -2.28. The maximum absolute atomic E-state index is 12.3. The molecule has 0 aliphatic heterocycles. The van der Waals surface area contributed by atoms with Crippen LogP contribution in [-0.2, 0) is 11.2 Å². The van der Waals surface area contributed by atoms with E-state index in [1.54, 1.807) is 14.2 Å². The van der Waals surface area contributed by atoms with E-state index in [-0.39, 0.29) is 11.9 Å². The van der Waals surface area contributed by atoms with Gasteiger partial charge in [0.25, 0.3) is 0 Å². The van der Waals surface area contributed by atoms with Gasteiger partial charge in [0.2, 0.25) is 5.91 Å². The number of amides is 1. The van der Waals surface area contributed by atoms with Crippen molar-refractivity contribution >= 4 is 5.91 Å². The highest BCUT2D eigenvalue weighted by atomic mass is 16.5. The third-order valence-corrected chi connectivity index (χ3v) is 4.03. The number of nitrogens with one attached hydrogen (secondary N) is 1. The molecule has 0 aromatic heterocycles. The molecule has 2 aromatic carbocycles. The molecule has 0 aliphatic rings. The van der Waals surface area contributed by atoms with Gasteiger partial charge in [0.1, 0.15) is 0 Å². The molecule has 0 bridgehead atoms. The molecule has 2 aromatic rings. The van der Waals surface area contributed by atoms with Gasteiger partial charge in [-0.05, 0) is 36.1 Å². The molecule has 0 radical (unpaired) electrons. The molecule has 0 heterocycles. The molecule has 24 heavy (non-hydrogen) atoms. The Morgan fingerprint density at radius 1 is 1.04 bits per heavy atom. The van der Waals surface area contributed by atoms with Crippen molar-refractivity contribution < 1.29 is 14.3 Å². The summed E-state index contributed by atoms with van der Waals surface area (Å²) in [5, 5.41) is 3.11. The molecule has 4 heteroatoms. The molecule has 0 aliphatic carbocycles. The quantitative estimate of drug-likeness (QED) is 0.800. The number of hydrogen-bond donors (Lipinski definition) is 1. The van der Waals surface area contributed by atoms with Crippen LogP contribution in [0.3, 0.4) is 0 Å². The first-order valence-electron chi connectivity index (χ1n) is 8.23. The van der Waals surface area contributed by atoms with Crippen LogP contribution < -0.4 is 14.8 Å². The number of carbonyl (C=O) groups excluding carboxylic acids is 1. The second kappa shape index (κ2) is 8.96. The molecule has 4 nitrogen and oxygen atoms in total. The Morgan fingerprint density at radius 2 is 1.75 bits per heavy atom. The molecule has 1 amide bonds. The Balaban J connectivity index is 1.93. The van der Waals surface area contributed by atoms with E-state index < -0.39 is 0 Å². The summed E-state index contributed by atoms with van der Waals surface area (Å²) in [5.41, 5.74) is 2.19. The zero-order chi connectivity index (χ0) is 17.4. The number of carbonyl (C=O) groups is 1. The maximum Gasteiger partial charge on any atom is 0.220 e. The van der Waals surface area contributed by atoms with Crippen LogP contribution >= 0.6 is 0 Å². The molecule has 1 atom stereocenters. The zero-order valence-corrected chi connectivity index (χ0v) is 14.5. The van der Waals surface area contributed by atoms with Gasteiger partial charge in [-0.1, -0.05) is 43.3 Å². The second-order valence-corrected chi connectivity index (χ2v) is 5.63. The fourth-order valence-electron chi connectivity index (χ4n) is 2.67. The van der Waals surface area contributed by atoms with Crippen LogP contribution in [0.25, 0.3) is 0 Å². The molecule has 1 N–H and O–H groups in total. The maximum atomic E-state index is 12.3. The number of hydrogen-bond acceptors (Lipinski definition) is 3. The Hall–Kier alpha value is -2.49. The summed E-state index contributed by atoms with van der Waals surface area (Å²) >= 11 is 0. The SMILES string of the molecule is CC[C@H](NC(=O)CCc1ccc(OC)c(OC)c1)c1ccccc1. The van der Waals surface area contributed by atoms with E-state index >= 15 is 0 Å². The van der Waals surface area contributed by atoms with Crippen molar-refractivity contribution in [3.05, 3.63) is 59.7 Å². The van der Waals surface area contributed by atoms with E-state index in [1.165, 1.54) is 0 Å². The molecule has 0 fully saturated rings. The largest absolute Gasteiger partial charge is 0.493 e. The number of benzene rings is 2. The standard InChI is InChI=1S/C20H25NO3/c1-4-17(16-8-6-5-7-9-16)21-20(22)13-11-15-10-12-18(23-2)19(14-15)24-3/h5-10,12,14,17H,4,11,13H2,1-3H3,(H,21,22)/t17-/m0/s1. The number of aryl methyl sites for hydroxylation is 1. The van der Waals surface area contributed by atoms with Crippen LogP contribution in [0.5, 0.6) is 11.5 Å². The summed E-state index contributed by atoms with van der Waals surface area (Å²) < 4.78 is 10.5. The molecule has 128 valence electrons. The summed E-state index contributed by atoms with van der Waals surface area (Å²) in [6.07, 6.45) is 1.97. The fraction of sp³-hybridized carbons (Fsp3) is 0.350. The van der Waals surface area contributed by atoms with Crippen molar-refractivity contribution in [3.8, 4) is 11.5 Å². The van der Waals surface area contributed by atoms with Gasteiger partial charge < -0.3 is 14.8 Å². The van der Waals surface area contributed by atoms with E-state index in [0.717, 1.165) is 17.5 Å². The summed E-state index contributed by atoms with van der Waals surface area (Å²) in [6, 6.07) is 15.9. The van der Waals surface area contributed by atoms with Crippen molar-refractivity contribution in [2.24, 2.45) is 0 Å². The van der Waals surface area contributed by atoms with Crippen molar-refractivity contribution in [3.63, 3.8) is 0 Å². The van der Waals surface area contributed by atoms with Crippen LogP contribution in [0.1, 0.15) is 36.9 Å². The molecule has 2 rings (SSSR count). The average Bonchev–Trinajstić information content (AvgIpc) is 2.64. The summed E-state index contributed by atoms with van der Waals surface area (Å²) in [6.45, 7) is 2.08. The topological polar surface area (TPSA) is 47.6 Å². The van der Waals surface area contributed by atoms with E-state index in [9.17, 15) is 4.79 Å². The summed E-state index contributed by atoms with van der Waals surface area (Å²) in [7, 11) is 3.22. The Kier molecular flexibility index (Phi) is 6.67. The Morgan fingerprint density at radius 3 is 2.38 bits per heavy atom. The van der Waals surface area contributed by atoms with Crippen molar-refractivity contribution in [1.29, 1.82) is 0 Å². The molecule has 0 saturated carbocycles. The highest BCUT2D eigenvalue weighted by molar-refractivity contribution is 5.76. The smallest absolute Gasteiger partial charge is 0.220 e. The highest BCUT2D eigenvalue weighted by Gasteiger charge is 2.13. The first-order valence-corrected chi connectivity index (χ1v) is 8.23. The van der Waals surface area contributed by atoms with Gasteiger partial charge in [0.15, 0.2) is 11.5 Å². The van der Waals surface area contributed by atoms with Gasteiger partial charge in [-0.3, -0.25) is 4.79 Å². The van der Waals surface area contributed by atoms with E-state index in [1.807, 2.05) is 48.5 Å². The van der Waals surface area contributed by atoms with Gasteiger partial charge in [-0.15, -0.1) is 0 Å². The third kappa shape index (κ3) is 4.75. The third-order valence-electron chi connectivity index (χ3n) is 4.03. The van der Waals surface area contributed by atoms with Gasteiger partial charge in [0.05, 0.1) is 20.3 Å². The second-order valence-electron chi connectivity index (χ2n) is 5.63. The van der Waals surface area contributed by atoms with Gasteiger partial charge in [-0.2, -0.15) is 0 Å². The molecular formula is C20H25NO3. The predicted molar refractivity (Wildman–Crippen MR) is 95.5 cm³/mol. The van der Waals surface area contributed by atoms with Crippen LogP contribution in [0.2, 0.25) is 0 Å². The first kappa shape index (κ1) is 17.9. The minimum absolute atomic E-state index is 0.0560. The average molecular weight is 327 g/mol. The monoisotopic (exact) mass is 327 g/mol. The predicted octanol–water partition coefficient (Wildman–Crippen LogP) is 3.90.